The van der Waals surface area contributed by atoms with E-state index in [0.29, 0.717) is 24.2 Å². The molecule has 1 saturated carbocycles. The molecule has 4 atom stereocenters. The van der Waals surface area contributed by atoms with Crippen LogP contribution in [0.3, 0.4) is 0 Å². The van der Waals surface area contributed by atoms with Gasteiger partial charge in [-0.3, -0.25) is 23.9 Å². The van der Waals surface area contributed by atoms with E-state index in [4.69, 9.17) is 9.47 Å². The zero-order chi connectivity index (χ0) is 36.2. The van der Waals surface area contributed by atoms with E-state index in [9.17, 15) is 32.4 Å². The molecule has 1 aromatic rings. The molecular weight excluding hydrogens is 642 g/mol. The number of alkyl carbamates (subject to hydrolysis) is 1. The van der Waals surface area contributed by atoms with Gasteiger partial charge in [0.05, 0.1) is 12.4 Å². The van der Waals surface area contributed by atoms with Crippen molar-refractivity contribution in [3.05, 3.63) is 29.8 Å². The van der Waals surface area contributed by atoms with Crippen LogP contribution < -0.4 is 25.4 Å². The Morgan fingerprint density at radius 3 is 2.06 bits per heavy atom. The lowest BCUT2D eigenvalue weighted by Crippen LogP contribution is -2.59. The molecule has 3 rings (SSSR count). The quantitative estimate of drug-likeness (QED) is 0.255. The van der Waals surface area contributed by atoms with E-state index in [0.717, 1.165) is 0 Å². The molecule has 0 unspecified atom stereocenters. The average Bonchev–Trinajstić information content (AvgIpc) is 3.74. The highest BCUT2D eigenvalue weighted by molar-refractivity contribution is 7.90. The Kier molecular flexibility index (Phi) is 12.2. The molecular formula is C33H51N5O9S. The fourth-order valence-corrected chi connectivity index (χ4v) is 6.67. The third-order valence-corrected chi connectivity index (χ3v) is 9.73. The first-order chi connectivity index (χ1) is 22.1. The van der Waals surface area contributed by atoms with Crippen molar-refractivity contribution >= 4 is 39.7 Å². The third-order valence-electron chi connectivity index (χ3n) is 7.89. The van der Waals surface area contributed by atoms with Crippen LogP contribution in [0, 0.1) is 11.3 Å². The summed E-state index contributed by atoms with van der Waals surface area (Å²) in [6.07, 6.45) is 0.239. The van der Waals surface area contributed by atoms with E-state index < -0.39 is 80.2 Å². The molecule has 1 saturated heterocycles. The summed E-state index contributed by atoms with van der Waals surface area (Å²) in [6.45, 7) is 13.9. The summed E-state index contributed by atoms with van der Waals surface area (Å²) in [4.78, 5) is 68.6. The van der Waals surface area contributed by atoms with E-state index in [1.54, 1.807) is 65.8 Å². The smallest absolute Gasteiger partial charge is 0.408 e. The number of hydrogen-bond acceptors (Lipinski definition) is 9. The maximum Gasteiger partial charge on any atom is 0.408 e. The number of methoxy groups -OCH3 is 1. The van der Waals surface area contributed by atoms with Gasteiger partial charge in [-0.15, -0.1) is 0 Å². The molecule has 1 aliphatic heterocycles. The molecule has 14 nitrogen and oxygen atoms in total. The van der Waals surface area contributed by atoms with Crippen molar-refractivity contribution in [3.63, 3.8) is 0 Å². The number of carbonyl (C=O) groups is 5. The minimum atomic E-state index is -3.87. The van der Waals surface area contributed by atoms with E-state index in [1.807, 2.05) is 13.8 Å². The summed E-state index contributed by atoms with van der Waals surface area (Å²) < 4.78 is 37.7. The van der Waals surface area contributed by atoms with Gasteiger partial charge in [-0.25, -0.2) is 13.2 Å². The number of ether oxygens (including phenoxy) is 2. The van der Waals surface area contributed by atoms with Crippen LogP contribution in [0.2, 0.25) is 0 Å². The zero-order valence-corrected chi connectivity index (χ0v) is 30.2. The van der Waals surface area contributed by atoms with Crippen molar-refractivity contribution in [3.8, 4) is 5.75 Å². The van der Waals surface area contributed by atoms with Gasteiger partial charge in [-0.1, -0.05) is 34.6 Å². The molecule has 0 aromatic heterocycles. The summed E-state index contributed by atoms with van der Waals surface area (Å²) in [5.41, 5.74) is -1.32. The van der Waals surface area contributed by atoms with Crippen molar-refractivity contribution in [1.29, 1.82) is 0 Å². The van der Waals surface area contributed by atoms with Crippen LogP contribution in [0.4, 0.5) is 4.79 Å². The number of sulfonamides is 1. The lowest BCUT2D eigenvalue weighted by atomic mass is 9.85. The molecule has 0 spiro atoms. The van der Waals surface area contributed by atoms with E-state index in [-0.39, 0.29) is 25.3 Å². The first-order valence-electron chi connectivity index (χ1n) is 16.2. The Hall–Kier alpha value is -3.88. The second-order valence-electron chi connectivity index (χ2n) is 15.0. The van der Waals surface area contributed by atoms with Gasteiger partial charge in [0, 0.05) is 18.2 Å². The van der Waals surface area contributed by atoms with Crippen LogP contribution in [0.1, 0.15) is 91.4 Å². The zero-order valence-electron chi connectivity index (χ0n) is 29.3. The van der Waals surface area contributed by atoms with Crippen LogP contribution in [-0.4, -0.2) is 91.7 Å². The normalized spacial score (nSPS) is 19.6. The molecule has 1 aromatic carbocycles. The van der Waals surface area contributed by atoms with E-state index in [1.165, 1.54) is 12.0 Å². The first kappa shape index (κ1) is 38.6. The minimum Gasteiger partial charge on any atom is -0.497 e. The topological polar surface area (TPSA) is 189 Å². The third kappa shape index (κ3) is 10.8. The monoisotopic (exact) mass is 693 g/mol. The second kappa shape index (κ2) is 15.1. The van der Waals surface area contributed by atoms with Crippen LogP contribution in [0.15, 0.2) is 24.3 Å². The summed E-state index contributed by atoms with van der Waals surface area (Å²) in [6, 6.07) is 2.28. The lowest BCUT2D eigenvalue weighted by Gasteiger charge is -2.36. The van der Waals surface area contributed by atoms with Crippen molar-refractivity contribution < 1.29 is 41.9 Å². The predicted molar refractivity (Wildman–Crippen MR) is 178 cm³/mol. The predicted octanol–water partition coefficient (Wildman–Crippen LogP) is 2.47. The maximum absolute atomic E-state index is 14.2. The van der Waals surface area contributed by atoms with Gasteiger partial charge >= 0.3 is 6.09 Å². The standard InChI is InChI=1S/C33H51N5O9S/c1-19(2)16-24(28(40)37-48(44,45)23-14-15-23)35-29(41)25-17-21(34-27(39)20-10-12-22(46-9)13-11-20)18-38(25)30(42)26(32(3,4)5)36-31(43)47-33(6,7)8/h10-13,19,21,23-26H,14-18H2,1-9H3,(H,34,39)(H,35,41)(H,36,43)(H,37,40)/t21-,24-,25-,26+/m0/s1. The van der Waals surface area contributed by atoms with Crippen molar-refractivity contribution in [2.45, 2.75) is 116 Å². The molecule has 4 N–H and O–H groups in total. The molecule has 1 heterocycles. The second-order valence-corrected chi connectivity index (χ2v) is 16.9. The average molecular weight is 694 g/mol. The summed E-state index contributed by atoms with van der Waals surface area (Å²) >= 11 is 0. The maximum atomic E-state index is 14.2. The summed E-state index contributed by atoms with van der Waals surface area (Å²) in [5.74, 6) is -2.10. The Morgan fingerprint density at radius 1 is 0.958 bits per heavy atom. The molecule has 1 aliphatic carbocycles. The molecule has 2 fully saturated rings. The van der Waals surface area contributed by atoms with Crippen molar-refractivity contribution in [2.24, 2.45) is 11.3 Å². The van der Waals surface area contributed by atoms with Gasteiger partial charge in [0.2, 0.25) is 21.8 Å². The molecule has 268 valence electrons. The molecule has 0 radical (unpaired) electrons. The van der Waals surface area contributed by atoms with Gasteiger partial charge in [0.25, 0.3) is 11.8 Å². The van der Waals surface area contributed by atoms with Gasteiger partial charge in [-0.2, -0.15) is 0 Å². The highest BCUT2D eigenvalue weighted by Gasteiger charge is 2.46. The Labute approximate surface area is 283 Å². The highest BCUT2D eigenvalue weighted by atomic mass is 32.2. The van der Waals surface area contributed by atoms with Gasteiger partial charge in [0.15, 0.2) is 0 Å². The Bertz CT molecular complexity index is 1460. The highest BCUT2D eigenvalue weighted by Crippen LogP contribution is 2.29. The van der Waals surface area contributed by atoms with Crippen molar-refractivity contribution in [1.82, 2.24) is 25.6 Å². The number of hydrogen-bond donors (Lipinski definition) is 4. The van der Waals surface area contributed by atoms with Crippen LogP contribution in [0.25, 0.3) is 0 Å². The van der Waals surface area contributed by atoms with E-state index >= 15 is 0 Å². The number of rotatable bonds is 12. The Balaban J connectivity index is 1.90. The van der Waals surface area contributed by atoms with Gasteiger partial charge in [-0.05, 0) is 82.1 Å². The number of likely N-dealkylation sites (tertiary alicyclic amines) is 1. The van der Waals surface area contributed by atoms with Gasteiger partial charge in [0.1, 0.15) is 29.5 Å². The SMILES string of the molecule is COc1ccc(C(=O)N[C@H]2C[C@@H](C(=O)N[C@@H](CC(C)C)C(=O)NS(=O)(=O)C3CC3)N(C(=O)[C@@H](NC(=O)OC(C)(C)C)C(C)(C)C)C2)cc1. The molecule has 5 amide bonds. The first-order valence-corrected chi connectivity index (χ1v) is 17.8. The van der Waals surface area contributed by atoms with Gasteiger partial charge < -0.3 is 30.3 Å². The number of amides is 5. The fraction of sp³-hybridized carbons (Fsp3) is 0.667. The largest absolute Gasteiger partial charge is 0.497 e. The Morgan fingerprint density at radius 2 is 1.56 bits per heavy atom. The summed E-state index contributed by atoms with van der Waals surface area (Å²) in [7, 11) is -2.37. The van der Waals surface area contributed by atoms with Crippen LogP contribution in [0.5, 0.6) is 5.75 Å². The van der Waals surface area contributed by atoms with E-state index in [2.05, 4.69) is 20.7 Å². The minimum absolute atomic E-state index is 0.000835. The number of carbonyl (C=O) groups excluding carboxylic acids is 5. The lowest BCUT2D eigenvalue weighted by molar-refractivity contribution is -0.142. The molecule has 0 bridgehead atoms. The van der Waals surface area contributed by atoms with Crippen molar-refractivity contribution in [2.75, 3.05) is 13.7 Å². The molecule has 2 aliphatic rings. The van der Waals surface area contributed by atoms with Crippen LogP contribution in [-0.2, 0) is 29.1 Å². The van der Waals surface area contributed by atoms with Crippen LogP contribution >= 0.6 is 0 Å². The molecule has 15 heteroatoms. The number of nitrogens with one attached hydrogen (secondary N) is 4. The molecule has 48 heavy (non-hydrogen) atoms. The number of nitrogens with zero attached hydrogens (tertiary/aromatic N) is 1. The summed E-state index contributed by atoms with van der Waals surface area (Å²) in [5, 5.41) is 7.58. The number of benzene rings is 1. The fourth-order valence-electron chi connectivity index (χ4n) is 5.33.